The van der Waals surface area contributed by atoms with Crippen molar-refractivity contribution < 1.29 is 9.53 Å². The molecule has 1 atom stereocenters. The number of ether oxygens (including phenoxy) is 1. The Morgan fingerprint density at radius 1 is 1.20 bits per heavy atom. The molecule has 2 N–H and O–H groups in total. The van der Waals surface area contributed by atoms with Crippen LogP contribution < -0.4 is 10.6 Å². The van der Waals surface area contributed by atoms with E-state index in [1.54, 1.807) is 20.8 Å². The summed E-state index contributed by atoms with van der Waals surface area (Å²) in [6.07, 6.45) is 0.985. The number of hydrogen-bond acceptors (Lipinski definition) is 5. The number of aromatic nitrogens is 2. The van der Waals surface area contributed by atoms with Gasteiger partial charge in [-0.25, -0.2) is 9.78 Å². The van der Waals surface area contributed by atoms with E-state index in [1.165, 1.54) is 6.20 Å². The van der Waals surface area contributed by atoms with Crippen LogP contribution in [0.2, 0.25) is 5.28 Å². The molecular weight excluding hydrogens is 408 g/mol. The molecule has 2 rings (SSSR count). The molecule has 1 aromatic carbocycles. The van der Waals surface area contributed by atoms with E-state index >= 15 is 0 Å². The monoisotopic (exact) mass is 426 g/mol. The van der Waals surface area contributed by atoms with Gasteiger partial charge in [0, 0.05) is 6.20 Å². The maximum absolute atomic E-state index is 12.3. The highest BCUT2D eigenvalue weighted by atomic mass is 79.9. The SMILES string of the molecule is CC(C)(C)OC(=O)NC(C)(Nc1nc(Cl)ncc1Br)c1ccccc1. The number of nitrogens with one attached hydrogen (secondary N) is 2. The van der Waals surface area contributed by atoms with E-state index in [9.17, 15) is 4.79 Å². The largest absolute Gasteiger partial charge is 0.444 e. The van der Waals surface area contributed by atoms with Crippen LogP contribution in [-0.4, -0.2) is 21.7 Å². The van der Waals surface area contributed by atoms with Gasteiger partial charge in [-0.1, -0.05) is 30.3 Å². The van der Waals surface area contributed by atoms with Crippen LogP contribution in [0, 0.1) is 0 Å². The smallest absolute Gasteiger partial charge is 0.409 e. The third-order valence-corrected chi connectivity index (χ3v) is 3.95. The molecule has 0 aliphatic heterocycles. The number of rotatable bonds is 4. The van der Waals surface area contributed by atoms with Crippen molar-refractivity contribution >= 4 is 39.4 Å². The lowest BCUT2D eigenvalue weighted by atomic mass is 10.0. The van der Waals surface area contributed by atoms with Gasteiger partial charge in [0.05, 0.1) is 4.47 Å². The summed E-state index contributed by atoms with van der Waals surface area (Å²) in [6, 6.07) is 9.44. The molecule has 1 unspecified atom stereocenters. The fourth-order valence-corrected chi connectivity index (χ4v) is 2.55. The molecule has 1 aromatic heterocycles. The summed E-state index contributed by atoms with van der Waals surface area (Å²) in [4.78, 5) is 20.4. The Labute approximate surface area is 160 Å². The molecule has 1 heterocycles. The van der Waals surface area contributed by atoms with E-state index < -0.39 is 17.4 Å². The average Bonchev–Trinajstić information content (AvgIpc) is 2.50. The Balaban J connectivity index is 2.36. The fourth-order valence-electron chi connectivity index (χ4n) is 2.12. The number of alkyl carbamates (subject to hydrolysis) is 1. The molecule has 8 heteroatoms. The molecule has 0 fully saturated rings. The minimum atomic E-state index is -0.982. The summed E-state index contributed by atoms with van der Waals surface area (Å²) >= 11 is 9.27. The van der Waals surface area contributed by atoms with Crippen LogP contribution >= 0.6 is 27.5 Å². The standard InChI is InChI=1S/C17H20BrClN4O2/c1-16(2,3)25-15(24)23-17(4,11-8-6-5-7-9-11)22-13-12(18)10-20-14(19)21-13/h5-10H,1-4H3,(H,23,24)(H,20,21,22). The van der Waals surface area contributed by atoms with Crippen molar-refractivity contribution in [1.82, 2.24) is 15.3 Å². The summed E-state index contributed by atoms with van der Waals surface area (Å²) in [5.74, 6) is 0.447. The lowest BCUT2D eigenvalue weighted by Gasteiger charge is -2.34. The molecule has 0 radical (unpaired) electrons. The zero-order chi connectivity index (χ0) is 18.7. The Hall–Kier alpha value is -1.86. The predicted molar refractivity (Wildman–Crippen MR) is 102 cm³/mol. The van der Waals surface area contributed by atoms with Crippen molar-refractivity contribution in [3.8, 4) is 0 Å². The molecule has 134 valence electrons. The second-order valence-corrected chi connectivity index (χ2v) is 7.77. The van der Waals surface area contributed by atoms with Crippen LogP contribution in [0.3, 0.4) is 0 Å². The highest BCUT2D eigenvalue weighted by Gasteiger charge is 2.32. The lowest BCUT2D eigenvalue weighted by molar-refractivity contribution is 0.0474. The van der Waals surface area contributed by atoms with E-state index in [0.717, 1.165) is 5.56 Å². The maximum Gasteiger partial charge on any atom is 0.409 e. The number of halogens is 2. The second-order valence-electron chi connectivity index (χ2n) is 6.58. The number of nitrogens with zero attached hydrogens (tertiary/aromatic N) is 2. The molecule has 6 nitrogen and oxygen atoms in total. The Morgan fingerprint density at radius 2 is 1.84 bits per heavy atom. The molecule has 0 spiro atoms. The van der Waals surface area contributed by atoms with E-state index in [0.29, 0.717) is 10.3 Å². The number of carbonyl (C=O) groups excluding carboxylic acids is 1. The molecular formula is C17H20BrClN4O2. The third kappa shape index (κ3) is 5.57. The molecule has 0 saturated carbocycles. The number of amides is 1. The second kappa shape index (κ2) is 7.58. The van der Waals surface area contributed by atoms with Crippen LogP contribution in [0.15, 0.2) is 41.0 Å². The summed E-state index contributed by atoms with van der Waals surface area (Å²) in [6.45, 7) is 7.23. The predicted octanol–water partition coefficient (Wildman–Crippen LogP) is 4.70. The van der Waals surface area contributed by atoms with Gasteiger partial charge in [0.1, 0.15) is 17.1 Å². The van der Waals surface area contributed by atoms with Gasteiger partial charge in [0.25, 0.3) is 0 Å². The maximum atomic E-state index is 12.3. The van der Waals surface area contributed by atoms with E-state index in [1.807, 2.05) is 37.3 Å². The average molecular weight is 428 g/mol. The van der Waals surface area contributed by atoms with Crippen molar-refractivity contribution in [1.29, 1.82) is 0 Å². The van der Waals surface area contributed by atoms with Gasteiger partial charge in [-0.15, -0.1) is 0 Å². The number of benzene rings is 1. The van der Waals surface area contributed by atoms with Gasteiger partial charge in [-0.3, -0.25) is 5.32 Å². The molecule has 0 saturated heterocycles. The van der Waals surface area contributed by atoms with Crippen LogP contribution in [0.25, 0.3) is 0 Å². The molecule has 0 aliphatic carbocycles. The van der Waals surface area contributed by atoms with Gasteiger partial charge in [-0.05, 0) is 60.8 Å². The lowest BCUT2D eigenvalue weighted by Crippen LogP contribution is -2.51. The zero-order valence-corrected chi connectivity index (χ0v) is 16.8. The Morgan fingerprint density at radius 3 is 2.44 bits per heavy atom. The third-order valence-electron chi connectivity index (χ3n) is 3.19. The van der Waals surface area contributed by atoms with E-state index in [2.05, 4.69) is 36.5 Å². The summed E-state index contributed by atoms with van der Waals surface area (Å²) < 4.78 is 6.00. The van der Waals surface area contributed by atoms with Crippen LogP contribution in [-0.2, 0) is 10.4 Å². The molecule has 2 aromatic rings. The molecule has 0 bridgehead atoms. The van der Waals surface area contributed by atoms with Gasteiger partial charge >= 0.3 is 6.09 Å². The zero-order valence-electron chi connectivity index (χ0n) is 14.4. The quantitative estimate of drug-likeness (QED) is 0.546. The first-order valence-electron chi connectivity index (χ1n) is 7.62. The van der Waals surface area contributed by atoms with E-state index in [-0.39, 0.29) is 5.28 Å². The van der Waals surface area contributed by atoms with Gasteiger partial charge in [0.15, 0.2) is 0 Å². The highest BCUT2D eigenvalue weighted by molar-refractivity contribution is 9.10. The minimum absolute atomic E-state index is 0.0957. The number of carbonyl (C=O) groups is 1. The van der Waals surface area contributed by atoms with Crippen LogP contribution in [0.4, 0.5) is 10.6 Å². The Bertz CT molecular complexity index is 752. The Kier molecular flexibility index (Phi) is 5.90. The summed E-state index contributed by atoms with van der Waals surface area (Å²) in [7, 11) is 0. The van der Waals surface area contributed by atoms with Crippen molar-refractivity contribution in [3.05, 3.63) is 51.8 Å². The van der Waals surface area contributed by atoms with Crippen LogP contribution in [0.1, 0.15) is 33.3 Å². The first kappa shape index (κ1) is 19.5. The molecule has 0 aliphatic rings. The fraction of sp³-hybridized carbons (Fsp3) is 0.353. The molecule has 1 amide bonds. The van der Waals surface area contributed by atoms with Gasteiger partial charge in [-0.2, -0.15) is 4.98 Å². The first-order chi connectivity index (χ1) is 11.6. The summed E-state index contributed by atoms with van der Waals surface area (Å²) in [5, 5.41) is 6.16. The van der Waals surface area contributed by atoms with Crippen molar-refractivity contribution in [3.63, 3.8) is 0 Å². The van der Waals surface area contributed by atoms with Crippen molar-refractivity contribution in [2.45, 2.75) is 39.0 Å². The normalized spacial score (nSPS) is 13.7. The number of anilines is 1. The van der Waals surface area contributed by atoms with Gasteiger partial charge < -0.3 is 10.1 Å². The first-order valence-corrected chi connectivity index (χ1v) is 8.79. The summed E-state index contributed by atoms with van der Waals surface area (Å²) in [5.41, 5.74) is -0.771. The topological polar surface area (TPSA) is 76.1 Å². The molecule has 25 heavy (non-hydrogen) atoms. The van der Waals surface area contributed by atoms with Crippen molar-refractivity contribution in [2.75, 3.05) is 5.32 Å². The highest BCUT2D eigenvalue weighted by Crippen LogP contribution is 2.28. The number of hydrogen-bond donors (Lipinski definition) is 2. The van der Waals surface area contributed by atoms with Gasteiger partial charge in [0.2, 0.25) is 5.28 Å². The minimum Gasteiger partial charge on any atom is -0.444 e. The van der Waals surface area contributed by atoms with Crippen molar-refractivity contribution in [2.24, 2.45) is 0 Å². The van der Waals surface area contributed by atoms with Crippen LogP contribution in [0.5, 0.6) is 0 Å². The van der Waals surface area contributed by atoms with E-state index in [4.69, 9.17) is 16.3 Å².